The van der Waals surface area contributed by atoms with Crippen molar-refractivity contribution in [3.05, 3.63) is 78.0 Å². The van der Waals surface area contributed by atoms with E-state index in [1.54, 1.807) is 35.7 Å². The van der Waals surface area contributed by atoms with E-state index in [4.69, 9.17) is 4.52 Å². The molecule has 2 amide bonds. The van der Waals surface area contributed by atoms with Crippen molar-refractivity contribution in [3.63, 3.8) is 0 Å². The van der Waals surface area contributed by atoms with E-state index in [1.165, 1.54) is 6.07 Å². The molecule has 2 aromatic carbocycles. The number of nitrogens with one attached hydrogen (secondary N) is 2. The van der Waals surface area contributed by atoms with E-state index in [0.29, 0.717) is 11.4 Å². The average Bonchev–Trinajstić information content (AvgIpc) is 3.35. The van der Waals surface area contributed by atoms with Crippen molar-refractivity contribution in [3.8, 4) is 21.1 Å². The second-order valence-corrected chi connectivity index (χ2v) is 7.30. The van der Waals surface area contributed by atoms with Gasteiger partial charge in [0, 0.05) is 16.6 Å². The molecule has 29 heavy (non-hydrogen) atoms. The van der Waals surface area contributed by atoms with Crippen molar-refractivity contribution in [2.24, 2.45) is 0 Å². The second kappa shape index (κ2) is 7.84. The minimum Gasteiger partial charge on any atom is -0.355 e. The summed E-state index contributed by atoms with van der Waals surface area (Å²) in [6.45, 7) is 2.01. The van der Waals surface area contributed by atoms with Gasteiger partial charge in [0.2, 0.25) is 0 Å². The van der Waals surface area contributed by atoms with E-state index in [0.717, 1.165) is 33.0 Å². The van der Waals surface area contributed by atoms with E-state index in [9.17, 15) is 13.6 Å². The standard InChI is InChI=1S/C21H15F2N3O2S/c1-12-11-18(17-9-10-24-28-17)29-20(12)13-5-7-14(8-6-13)25-21(27)26-19-15(22)3-2-4-16(19)23/h2-11H,1H3,(H2,25,26,27). The third-order valence-electron chi connectivity index (χ3n) is 4.20. The molecule has 146 valence electrons. The highest BCUT2D eigenvalue weighted by Crippen LogP contribution is 2.38. The molecule has 4 rings (SSSR count). The Hall–Kier alpha value is -3.52. The first-order valence-corrected chi connectivity index (χ1v) is 9.47. The number of aromatic nitrogens is 1. The molecule has 0 aliphatic carbocycles. The van der Waals surface area contributed by atoms with Crippen molar-refractivity contribution in [2.75, 3.05) is 10.6 Å². The monoisotopic (exact) mass is 411 g/mol. The van der Waals surface area contributed by atoms with Gasteiger partial charge >= 0.3 is 6.03 Å². The summed E-state index contributed by atoms with van der Waals surface area (Å²) in [6, 6.07) is 13.6. The summed E-state index contributed by atoms with van der Waals surface area (Å²) in [4.78, 5) is 14.1. The number of aryl methyl sites for hydroxylation is 1. The van der Waals surface area contributed by atoms with Gasteiger partial charge in [-0.15, -0.1) is 11.3 Å². The Bertz CT molecular complexity index is 1140. The lowest BCUT2D eigenvalue weighted by molar-refractivity contribution is 0.262. The van der Waals surface area contributed by atoms with E-state index < -0.39 is 23.4 Å². The van der Waals surface area contributed by atoms with Crippen molar-refractivity contribution >= 4 is 28.7 Å². The number of halogens is 2. The van der Waals surface area contributed by atoms with Crippen LogP contribution in [0.15, 0.2) is 65.3 Å². The summed E-state index contributed by atoms with van der Waals surface area (Å²) < 4.78 is 32.5. The van der Waals surface area contributed by atoms with Gasteiger partial charge in [-0.05, 0) is 48.4 Å². The highest BCUT2D eigenvalue weighted by atomic mass is 32.1. The molecule has 0 saturated heterocycles. The van der Waals surface area contributed by atoms with Crippen LogP contribution in [-0.4, -0.2) is 11.2 Å². The molecule has 0 aliphatic rings. The smallest absolute Gasteiger partial charge is 0.323 e. The summed E-state index contributed by atoms with van der Waals surface area (Å²) in [7, 11) is 0. The zero-order valence-electron chi connectivity index (χ0n) is 15.2. The number of carbonyl (C=O) groups excluding carboxylic acids is 1. The first-order chi connectivity index (χ1) is 14.0. The van der Waals surface area contributed by atoms with Crippen molar-refractivity contribution in [1.29, 1.82) is 0 Å². The van der Waals surface area contributed by atoms with Crippen LogP contribution in [0, 0.1) is 18.6 Å². The van der Waals surface area contributed by atoms with Crippen molar-refractivity contribution in [1.82, 2.24) is 5.16 Å². The molecule has 0 aliphatic heterocycles. The molecule has 0 saturated carbocycles. The molecule has 0 spiro atoms. The summed E-state index contributed by atoms with van der Waals surface area (Å²) in [5.41, 5.74) is 2.07. The van der Waals surface area contributed by atoms with Crippen LogP contribution in [0.25, 0.3) is 21.1 Å². The van der Waals surface area contributed by atoms with Crippen LogP contribution in [0.1, 0.15) is 5.56 Å². The van der Waals surface area contributed by atoms with Gasteiger partial charge in [-0.2, -0.15) is 0 Å². The van der Waals surface area contributed by atoms with Gasteiger partial charge in [0.25, 0.3) is 0 Å². The zero-order valence-corrected chi connectivity index (χ0v) is 16.0. The molecular weight excluding hydrogens is 396 g/mol. The van der Waals surface area contributed by atoms with E-state index in [1.807, 2.05) is 25.1 Å². The maximum absolute atomic E-state index is 13.6. The molecule has 0 unspecified atom stereocenters. The lowest BCUT2D eigenvalue weighted by Crippen LogP contribution is -2.20. The molecule has 0 atom stereocenters. The van der Waals surface area contributed by atoms with Gasteiger partial charge in [-0.3, -0.25) is 0 Å². The minimum absolute atomic E-state index is 0.490. The molecular formula is C21H15F2N3O2S. The Labute approximate surface area is 169 Å². The predicted molar refractivity (Wildman–Crippen MR) is 109 cm³/mol. The van der Waals surface area contributed by atoms with Crippen LogP contribution in [0.4, 0.5) is 25.0 Å². The molecule has 0 bridgehead atoms. The largest absolute Gasteiger partial charge is 0.355 e. The van der Waals surface area contributed by atoms with Crippen molar-refractivity contribution < 1.29 is 18.1 Å². The molecule has 5 nitrogen and oxygen atoms in total. The average molecular weight is 411 g/mol. The van der Waals surface area contributed by atoms with Crippen LogP contribution in [0.5, 0.6) is 0 Å². The number of amides is 2. The number of benzene rings is 2. The molecule has 2 N–H and O–H groups in total. The predicted octanol–water partition coefficient (Wildman–Crippen LogP) is 6.30. The number of nitrogens with zero attached hydrogens (tertiary/aromatic N) is 1. The Morgan fingerprint density at radius 3 is 2.41 bits per heavy atom. The fraction of sp³-hybridized carbons (Fsp3) is 0.0476. The third kappa shape index (κ3) is 4.02. The summed E-state index contributed by atoms with van der Waals surface area (Å²) >= 11 is 1.58. The number of carbonyl (C=O) groups is 1. The first kappa shape index (κ1) is 18.8. The Morgan fingerprint density at radius 1 is 1.03 bits per heavy atom. The van der Waals surface area contributed by atoms with Crippen LogP contribution < -0.4 is 10.6 Å². The number of para-hydroxylation sites is 1. The number of rotatable bonds is 4. The Kier molecular flexibility index (Phi) is 5.09. The van der Waals surface area contributed by atoms with Gasteiger partial charge in [0.05, 0.1) is 11.1 Å². The van der Waals surface area contributed by atoms with Gasteiger partial charge in [-0.1, -0.05) is 23.4 Å². The minimum atomic E-state index is -0.841. The fourth-order valence-electron chi connectivity index (χ4n) is 2.83. The maximum atomic E-state index is 13.6. The van der Waals surface area contributed by atoms with E-state index in [2.05, 4.69) is 15.8 Å². The highest BCUT2D eigenvalue weighted by molar-refractivity contribution is 7.19. The number of urea groups is 1. The maximum Gasteiger partial charge on any atom is 0.323 e. The number of thiophene rings is 1. The van der Waals surface area contributed by atoms with E-state index >= 15 is 0 Å². The second-order valence-electron chi connectivity index (χ2n) is 6.25. The lowest BCUT2D eigenvalue weighted by Gasteiger charge is -2.10. The van der Waals surface area contributed by atoms with Gasteiger partial charge in [0.1, 0.15) is 17.3 Å². The third-order valence-corrected chi connectivity index (χ3v) is 5.51. The Balaban J connectivity index is 1.48. The first-order valence-electron chi connectivity index (χ1n) is 8.65. The molecule has 2 heterocycles. The zero-order chi connectivity index (χ0) is 20.4. The lowest BCUT2D eigenvalue weighted by atomic mass is 10.1. The van der Waals surface area contributed by atoms with Gasteiger partial charge in [0.15, 0.2) is 5.76 Å². The SMILES string of the molecule is Cc1cc(-c2ccno2)sc1-c1ccc(NC(=O)Nc2c(F)cccc2F)cc1. The Morgan fingerprint density at radius 2 is 1.76 bits per heavy atom. The van der Waals surface area contributed by atoms with Gasteiger partial charge < -0.3 is 15.2 Å². The summed E-state index contributed by atoms with van der Waals surface area (Å²) in [5, 5.41) is 8.48. The number of anilines is 2. The molecule has 2 aromatic heterocycles. The van der Waals surface area contributed by atoms with Crippen LogP contribution in [-0.2, 0) is 0 Å². The van der Waals surface area contributed by atoms with Crippen LogP contribution in [0.2, 0.25) is 0 Å². The molecule has 0 radical (unpaired) electrons. The van der Waals surface area contributed by atoms with Crippen molar-refractivity contribution in [2.45, 2.75) is 6.92 Å². The normalized spacial score (nSPS) is 10.7. The van der Waals surface area contributed by atoms with Gasteiger partial charge in [-0.25, -0.2) is 13.6 Å². The van der Waals surface area contributed by atoms with E-state index in [-0.39, 0.29) is 0 Å². The van der Waals surface area contributed by atoms with Crippen LogP contribution in [0.3, 0.4) is 0 Å². The summed E-state index contributed by atoms with van der Waals surface area (Å²) in [6.07, 6.45) is 1.60. The molecule has 4 aromatic rings. The quantitative estimate of drug-likeness (QED) is 0.414. The number of hydrogen-bond acceptors (Lipinski definition) is 4. The summed E-state index contributed by atoms with van der Waals surface area (Å²) in [5.74, 6) is -0.975. The fourth-order valence-corrected chi connectivity index (χ4v) is 3.97. The highest BCUT2D eigenvalue weighted by Gasteiger charge is 2.14. The topological polar surface area (TPSA) is 67.2 Å². The molecule has 8 heteroatoms. The number of hydrogen-bond donors (Lipinski definition) is 2. The molecule has 0 fully saturated rings. The van der Waals surface area contributed by atoms with Crippen LogP contribution >= 0.6 is 11.3 Å².